The van der Waals surface area contributed by atoms with E-state index in [9.17, 15) is 9.18 Å². The van der Waals surface area contributed by atoms with Crippen LogP contribution < -0.4 is 15.4 Å². The Morgan fingerprint density at radius 1 is 1.25 bits per heavy atom. The number of halogens is 1. The molecule has 3 rings (SSSR count). The molecule has 1 amide bonds. The van der Waals surface area contributed by atoms with Gasteiger partial charge in [-0.3, -0.25) is 4.79 Å². The maximum Gasteiger partial charge on any atom is 0.254 e. The number of amides is 1. The molecule has 0 saturated carbocycles. The highest BCUT2D eigenvalue weighted by Crippen LogP contribution is 2.18. The largest absolute Gasteiger partial charge is 0.489 e. The molecule has 1 saturated heterocycles. The Bertz CT molecular complexity index is 685. The maximum atomic E-state index is 13.5. The van der Waals surface area contributed by atoms with Crippen LogP contribution in [0.2, 0.25) is 0 Å². The highest BCUT2D eigenvalue weighted by Gasteiger charge is 2.21. The minimum Gasteiger partial charge on any atom is -0.489 e. The van der Waals surface area contributed by atoms with Gasteiger partial charge in [0.1, 0.15) is 24.3 Å². The first-order valence-corrected chi connectivity index (χ1v) is 7.82. The fourth-order valence-corrected chi connectivity index (χ4v) is 2.37. The van der Waals surface area contributed by atoms with Gasteiger partial charge in [0.25, 0.3) is 5.91 Å². The smallest absolute Gasteiger partial charge is 0.254 e. The molecule has 1 heterocycles. The minimum atomic E-state index is -0.476. The van der Waals surface area contributed by atoms with Crippen LogP contribution in [0.3, 0.4) is 0 Å². The number of benzene rings is 2. The molecule has 1 atom stereocenters. The van der Waals surface area contributed by atoms with Gasteiger partial charge in [-0.15, -0.1) is 0 Å². The lowest BCUT2D eigenvalue weighted by atomic mass is 10.2. The Morgan fingerprint density at radius 2 is 2.04 bits per heavy atom. The second kappa shape index (κ2) is 7.90. The number of hydrogen-bond acceptors (Lipinski definition) is 4. The SMILES string of the molecule is O=C(Nc1ccc(OCc2ccccc2F)cc1)C1CNCCO1. The van der Waals surface area contributed by atoms with Crippen LogP contribution in [0.1, 0.15) is 5.56 Å². The van der Waals surface area contributed by atoms with Crippen LogP contribution in [0.25, 0.3) is 0 Å². The maximum absolute atomic E-state index is 13.5. The van der Waals surface area contributed by atoms with Crippen LogP contribution in [0.4, 0.5) is 10.1 Å². The van der Waals surface area contributed by atoms with Gasteiger partial charge in [-0.2, -0.15) is 0 Å². The fourth-order valence-electron chi connectivity index (χ4n) is 2.37. The van der Waals surface area contributed by atoms with Gasteiger partial charge in [-0.1, -0.05) is 18.2 Å². The topological polar surface area (TPSA) is 59.6 Å². The van der Waals surface area contributed by atoms with Crippen molar-refractivity contribution in [3.05, 3.63) is 59.9 Å². The summed E-state index contributed by atoms with van der Waals surface area (Å²) < 4.78 is 24.5. The van der Waals surface area contributed by atoms with Gasteiger partial charge in [0.05, 0.1) is 6.61 Å². The number of rotatable bonds is 5. The molecule has 0 spiro atoms. The summed E-state index contributed by atoms with van der Waals surface area (Å²) in [5, 5.41) is 5.91. The Kier molecular flexibility index (Phi) is 5.40. The molecular weight excluding hydrogens is 311 g/mol. The number of morpholine rings is 1. The molecule has 0 bridgehead atoms. The van der Waals surface area contributed by atoms with E-state index in [0.717, 1.165) is 6.54 Å². The predicted molar refractivity (Wildman–Crippen MR) is 88.4 cm³/mol. The Morgan fingerprint density at radius 3 is 2.75 bits per heavy atom. The van der Waals surface area contributed by atoms with Crippen LogP contribution >= 0.6 is 0 Å². The number of hydrogen-bond donors (Lipinski definition) is 2. The molecule has 2 N–H and O–H groups in total. The molecule has 2 aromatic rings. The molecule has 1 aliphatic heterocycles. The van der Waals surface area contributed by atoms with Crippen molar-refractivity contribution in [3.63, 3.8) is 0 Å². The van der Waals surface area contributed by atoms with Gasteiger partial charge < -0.3 is 20.1 Å². The third kappa shape index (κ3) is 4.31. The van der Waals surface area contributed by atoms with E-state index in [2.05, 4.69) is 10.6 Å². The van der Waals surface area contributed by atoms with Gasteiger partial charge in [0.2, 0.25) is 0 Å². The van der Waals surface area contributed by atoms with Gasteiger partial charge >= 0.3 is 0 Å². The predicted octanol–water partition coefficient (Wildman–Crippen LogP) is 2.33. The van der Waals surface area contributed by atoms with Gasteiger partial charge in [-0.05, 0) is 30.3 Å². The quantitative estimate of drug-likeness (QED) is 0.883. The summed E-state index contributed by atoms with van der Waals surface area (Å²) in [4.78, 5) is 12.1. The average Bonchev–Trinajstić information content (AvgIpc) is 2.63. The summed E-state index contributed by atoms with van der Waals surface area (Å²) in [6.45, 7) is 1.95. The third-order valence-corrected chi connectivity index (χ3v) is 3.69. The number of ether oxygens (including phenoxy) is 2. The van der Waals surface area contributed by atoms with E-state index in [1.807, 2.05) is 0 Å². The molecule has 0 aromatic heterocycles. The third-order valence-electron chi connectivity index (χ3n) is 3.69. The summed E-state index contributed by atoms with van der Waals surface area (Å²) >= 11 is 0. The van der Waals surface area contributed by atoms with Crippen LogP contribution in [0.15, 0.2) is 48.5 Å². The number of anilines is 1. The molecule has 0 aliphatic carbocycles. The Labute approximate surface area is 139 Å². The fraction of sp³-hybridized carbons (Fsp3) is 0.278. The van der Waals surface area contributed by atoms with Crippen LogP contribution in [0.5, 0.6) is 5.75 Å². The van der Waals surface area contributed by atoms with Crippen LogP contribution in [0, 0.1) is 5.82 Å². The van der Waals surface area contributed by atoms with E-state index in [4.69, 9.17) is 9.47 Å². The summed E-state index contributed by atoms with van der Waals surface area (Å²) in [5.41, 5.74) is 1.16. The second-order valence-corrected chi connectivity index (χ2v) is 5.46. The van der Waals surface area contributed by atoms with Gasteiger partial charge in [0, 0.05) is 24.3 Å². The van der Waals surface area contributed by atoms with E-state index in [0.29, 0.717) is 30.2 Å². The Hall–Kier alpha value is -2.44. The minimum absolute atomic E-state index is 0.153. The summed E-state index contributed by atoms with van der Waals surface area (Å²) in [6.07, 6.45) is -0.476. The second-order valence-electron chi connectivity index (χ2n) is 5.46. The molecule has 1 aliphatic rings. The summed E-state index contributed by atoms with van der Waals surface area (Å²) in [6, 6.07) is 13.4. The zero-order valence-corrected chi connectivity index (χ0v) is 13.1. The first kappa shape index (κ1) is 16.4. The molecule has 5 nitrogen and oxygen atoms in total. The number of nitrogens with one attached hydrogen (secondary N) is 2. The lowest BCUT2D eigenvalue weighted by Gasteiger charge is -2.22. The van der Waals surface area contributed by atoms with E-state index in [1.54, 1.807) is 42.5 Å². The molecule has 1 fully saturated rings. The van der Waals surface area contributed by atoms with Crippen molar-refractivity contribution >= 4 is 11.6 Å². The first-order valence-electron chi connectivity index (χ1n) is 7.82. The van der Waals surface area contributed by atoms with Crippen LogP contribution in [-0.4, -0.2) is 31.7 Å². The number of carbonyl (C=O) groups is 1. The van der Waals surface area contributed by atoms with Crippen molar-refractivity contribution < 1.29 is 18.7 Å². The van der Waals surface area contributed by atoms with Crippen molar-refractivity contribution in [1.82, 2.24) is 5.32 Å². The Balaban J connectivity index is 1.53. The summed E-state index contributed by atoms with van der Waals surface area (Å²) in [7, 11) is 0. The standard InChI is InChI=1S/C18H19FN2O3/c19-16-4-2-1-3-13(16)12-24-15-7-5-14(6-8-15)21-18(22)17-11-20-9-10-23-17/h1-8,17,20H,9-12H2,(H,21,22). The average molecular weight is 330 g/mol. The molecule has 24 heavy (non-hydrogen) atoms. The molecule has 2 aromatic carbocycles. The van der Waals surface area contributed by atoms with E-state index < -0.39 is 6.10 Å². The molecule has 126 valence electrons. The highest BCUT2D eigenvalue weighted by molar-refractivity contribution is 5.94. The van der Waals surface area contributed by atoms with Crippen molar-refractivity contribution in [2.24, 2.45) is 0 Å². The molecule has 1 unspecified atom stereocenters. The first-order chi connectivity index (χ1) is 11.7. The van der Waals surface area contributed by atoms with Crippen molar-refractivity contribution in [2.75, 3.05) is 25.0 Å². The molecular formula is C18H19FN2O3. The number of carbonyl (C=O) groups excluding carboxylic acids is 1. The normalized spacial score (nSPS) is 17.3. The van der Waals surface area contributed by atoms with Crippen molar-refractivity contribution in [3.8, 4) is 5.75 Å². The van der Waals surface area contributed by atoms with Gasteiger partial charge in [-0.25, -0.2) is 4.39 Å². The van der Waals surface area contributed by atoms with E-state index in [1.165, 1.54) is 6.07 Å². The lowest BCUT2D eigenvalue weighted by molar-refractivity contribution is -0.128. The molecule has 6 heteroatoms. The van der Waals surface area contributed by atoms with Crippen LogP contribution in [-0.2, 0) is 16.1 Å². The summed E-state index contributed by atoms with van der Waals surface area (Å²) in [5.74, 6) is 0.136. The van der Waals surface area contributed by atoms with E-state index in [-0.39, 0.29) is 18.3 Å². The van der Waals surface area contributed by atoms with Gasteiger partial charge in [0.15, 0.2) is 0 Å². The van der Waals surface area contributed by atoms with Crippen molar-refractivity contribution in [1.29, 1.82) is 0 Å². The van der Waals surface area contributed by atoms with Crippen molar-refractivity contribution in [2.45, 2.75) is 12.7 Å². The lowest BCUT2D eigenvalue weighted by Crippen LogP contribution is -2.45. The zero-order chi connectivity index (χ0) is 16.8. The highest BCUT2D eigenvalue weighted by atomic mass is 19.1. The van der Waals surface area contributed by atoms with E-state index >= 15 is 0 Å². The molecule has 0 radical (unpaired) electrons. The monoisotopic (exact) mass is 330 g/mol. The zero-order valence-electron chi connectivity index (χ0n) is 13.1.